The van der Waals surface area contributed by atoms with E-state index in [2.05, 4.69) is 0 Å². The summed E-state index contributed by atoms with van der Waals surface area (Å²) in [6, 6.07) is 10.5. The van der Waals surface area contributed by atoms with Crippen LogP contribution in [0.5, 0.6) is 11.5 Å². The van der Waals surface area contributed by atoms with Gasteiger partial charge in [-0.05, 0) is 31.5 Å². The Labute approximate surface area is 168 Å². The van der Waals surface area contributed by atoms with E-state index >= 15 is 0 Å². The molecule has 0 spiro atoms. The number of aliphatic hydroxyl groups excluding tert-OH is 2. The first-order valence-electron chi connectivity index (χ1n) is 9.31. The zero-order chi connectivity index (χ0) is 21.1. The first-order valence-corrected chi connectivity index (χ1v) is 9.31. The third kappa shape index (κ3) is 3.82. The van der Waals surface area contributed by atoms with Gasteiger partial charge in [-0.15, -0.1) is 0 Å². The molecule has 0 saturated carbocycles. The topological polar surface area (TPSA) is 107 Å². The Morgan fingerprint density at radius 1 is 1.14 bits per heavy atom. The number of nitrogens with zero attached hydrogens (tertiary/aromatic N) is 1. The summed E-state index contributed by atoms with van der Waals surface area (Å²) in [5, 5.41) is 30.3. The molecule has 7 heteroatoms. The highest BCUT2D eigenvalue weighted by Crippen LogP contribution is 2.41. The number of aliphatic hydroxyl groups is 2. The summed E-state index contributed by atoms with van der Waals surface area (Å²) in [5.41, 5.74) is 1.80. The number of likely N-dealkylation sites (tertiary alicyclic amines) is 1. The van der Waals surface area contributed by atoms with Gasteiger partial charge in [0.25, 0.3) is 11.7 Å². The fraction of sp³-hybridized carbons (Fsp3) is 0.273. The van der Waals surface area contributed by atoms with Gasteiger partial charge in [0.15, 0.2) is 11.5 Å². The van der Waals surface area contributed by atoms with Gasteiger partial charge in [0, 0.05) is 12.1 Å². The van der Waals surface area contributed by atoms with Gasteiger partial charge in [0.1, 0.15) is 5.76 Å². The summed E-state index contributed by atoms with van der Waals surface area (Å²) in [7, 11) is 0. The number of aryl methyl sites for hydroxylation is 1. The minimum Gasteiger partial charge on any atom is -0.507 e. The molecule has 7 nitrogen and oxygen atoms in total. The fourth-order valence-corrected chi connectivity index (χ4v) is 3.40. The number of β-amino-alcohol motifs (C(OH)–C–C–N with tert-alkyl or cyclic N) is 1. The SMILES string of the molecule is CCOc1cc([C@@H]2C(=C(O)c3ccc(C)cc3)C(=O)C(=O)N2CCO)ccc1O. The number of carbonyl (C=O) groups excluding carboxylic acids is 2. The lowest BCUT2D eigenvalue weighted by molar-refractivity contribution is -0.140. The van der Waals surface area contributed by atoms with E-state index in [4.69, 9.17) is 4.74 Å². The normalized spacial score (nSPS) is 18.3. The first kappa shape index (κ1) is 20.4. The predicted octanol–water partition coefficient (Wildman–Crippen LogP) is 2.51. The van der Waals surface area contributed by atoms with Gasteiger partial charge in [-0.1, -0.05) is 35.9 Å². The fourth-order valence-electron chi connectivity index (χ4n) is 3.40. The van der Waals surface area contributed by atoms with Crippen molar-refractivity contribution in [3.05, 3.63) is 64.7 Å². The van der Waals surface area contributed by atoms with Crippen molar-refractivity contribution in [2.24, 2.45) is 0 Å². The summed E-state index contributed by atoms with van der Waals surface area (Å²) >= 11 is 0. The minimum atomic E-state index is -0.914. The van der Waals surface area contributed by atoms with E-state index in [-0.39, 0.29) is 36.0 Å². The van der Waals surface area contributed by atoms with Crippen LogP contribution >= 0.6 is 0 Å². The molecule has 0 bridgehead atoms. The molecule has 152 valence electrons. The molecular weight excluding hydrogens is 374 g/mol. The Morgan fingerprint density at radius 2 is 1.83 bits per heavy atom. The second-order valence-corrected chi connectivity index (χ2v) is 6.74. The van der Waals surface area contributed by atoms with E-state index in [1.165, 1.54) is 17.0 Å². The number of aromatic hydroxyl groups is 1. The second-order valence-electron chi connectivity index (χ2n) is 6.74. The minimum absolute atomic E-state index is 0.0690. The predicted molar refractivity (Wildman–Crippen MR) is 107 cm³/mol. The first-order chi connectivity index (χ1) is 13.9. The Morgan fingerprint density at radius 3 is 2.45 bits per heavy atom. The number of phenolic OH excluding ortho intramolecular Hbond substituents is 1. The average molecular weight is 397 g/mol. The Hall–Kier alpha value is -3.32. The van der Waals surface area contributed by atoms with E-state index in [9.17, 15) is 24.9 Å². The number of hydrogen-bond donors (Lipinski definition) is 3. The molecule has 0 radical (unpaired) electrons. The highest BCUT2D eigenvalue weighted by molar-refractivity contribution is 6.46. The van der Waals surface area contributed by atoms with Crippen molar-refractivity contribution in [2.45, 2.75) is 19.9 Å². The third-order valence-corrected chi connectivity index (χ3v) is 4.81. The largest absolute Gasteiger partial charge is 0.507 e. The summed E-state index contributed by atoms with van der Waals surface area (Å²) in [6.45, 7) is 3.56. The van der Waals surface area contributed by atoms with Crippen LogP contribution in [0.2, 0.25) is 0 Å². The summed E-state index contributed by atoms with van der Waals surface area (Å²) in [6.07, 6.45) is 0. The van der Waals surface area contributed by atoms with Crippen LogP contribution in [0.1, 0.15) is 29.7 Å². The molecule has 3 N–H and O–H groups in total. The molecule has 1 heterocycles. The Kier molecular flexibility index (Phi) is 5.89. The van der Waals surface area contributed by atoms with E-state index in [0.29, 0.717) is 17.7 Å². The van der Waals surface area contributed by atoms with Crippen LogP contribution in [0, 0.1) is 6.92 Å². The monoisotopic (exact) mass is 397 g/mol. The number of carbonyl (C=O) groups is 2. The third-order valence-electron chi connectivity index (χ3n) is 4.81. The van der Waals surface area contributed by atoms with Gasteiger partial charge in [0.05, 0.1) is 24.8 Å². The highest BCUT2D eigenvalue weighted by atomic mass is 16.5. The van der Waals surface area contributed by atoms with Gasteiger partial charge < -0.3 is 25.0 Å². The van der Waals surface area contributed by atoms with Crippen LogP contribution < -0.4 is 4.74 Å². The molecule has 1 atom stereocenters. The molecule has 1 fully saturated rings. The molecule has 0 unspecified atom stereocenters. The molecule has 2 aromatic rings. The quantitative estimate of drug-likeness (QED) is 0.393. The maximum atomic E-state index is 12.8. The number of ether oxygens (including phenoxy) is 1. The molecule has 2 aromatic carbocycles. The van der Waals surface area contributed by atoms with Gasteiger partial charge in [0.2, 0.25) is 0 Å². The summed E-state index contributed by atoms with van der Waals surface area (Å²) < 4.78 is 5.41. The van der Waals surface area contributed by atoms with Crippen LogP contribution in [0.25, 0.3) is 5.76 Å². The number of Topliss-reactive ketones (excluding diaryl/α,β-unsaturated/α-hetero) is 1. The summed E-state index contributed by atoms with van der Waals surface area (Å²) in [4.78, 5) is 26.6. The van der Waals surface area contributed by atoms with Crippen molar-refractivity contribution in [3.63, 3.8) is 0 Å². The van der Waals surface area contributed by atoms with Gasteiger partial charge >= 0.3 is 0 Å². The van der Waals surface area contributed by atoms with E-state index < -0.39 is 17.7 Å². The van der Waals surface area contributed by atoms with Crippen molar-refractivity contribution in [1.29, 1.82) is 0 Å². The molecule has 0 aliphatic carbocycles. The maximum Gasteiger partial charge on any atom is 0.295 e. The van der Waals surface area contributed by atoms with Crippen molar-refractivity contribution >= 4 is 17.4 Å². The molecule has 1 aliphatic rings. The van der Waals surface area contributed by atoms with E-state index in [1.54, 1.807) is 37.3 Å². The number of hydrogen-bond acceptors (Lipinski definition) is 6. The number of rotatable bonds is 6. The molecule has 1 saturated heterocycles. The van der Waals surface area contributed by atoms with Gasteiger partial charge in [-0.3, -0.25) is 9.59 Å². The van der Waals surface area contributed by atoms with Gasteiger partial charge in [-0.2, -0.15) is 0 Å². The lowest BCUT2D eigenvalue weighted by Crippen LogP contribution is -2.32. The van der Waals surface area contributed by atoms with Crippen LogP contribution in [0.15, 0.2) is 48.0 Å². The van der Waals surface area contributed by atoms with E-state index in [0.717, 1.165) is 5.56 Å². The smallest absolute Gasteiger partial charge is 0.295 e. The van der Waals surface area contributed by atoms with Crippen molar-refractivity contribution in [2.75, 3.05) is 19.8 Å². The van der Waals surface area contributed by atoms with E-state index in [1.807, 2.05) is 6.92 Å². The molecule has 29 heavy (non-hydrogen) atoms. The van der Waals surface area contributed by atoms with Gasteiger partial charge in [-0.25, -0.2) is 0 Å². The Bertz CT molecular complexity index is 964. The summed E-state index contributed by atoms with van der Waals surface area (Å²) in [5.74, 6) is -1.79. The number of phenols is 1. The van der Waals surface area contributed by atoms with Crippen LogP contribution in [-0.2, 0) is 9.59 Å². The molecule has 3 rings (SSSR count). The number of ketones is 1. The van der Waals surface area contributed by atoms with Crippen LogP contribution in [0.4, 0.5) is 0 Å². The Balaban J connectivity index is 2.19. The van der Waals surface area contributed by atoms with Crippen molar-refractivity contribution in [3.8, 4) is 11.5 Å². The maximum absolute atomic E-state index is 12.8. The van der Waals surface area contributed by atoms with Crippen LogP contribution in [0.3, 0.4) is 0 Å². The number of amides is 1. The van der Waals surface area contributed by atoms with Crippen molar-refractivity contribution < 1.29 is 29.6 Å². The standard InChI is InChI=1S/C22H23NO6/c1-3-29-17-12-15(8-9-16(17)25)19-18(21(27)22(28)23(19)10-11-24)20(26)14-6-4-13(2)5-7-14/h4-9,12,19,24-26H,3,10-11H2,1-2H3/t19-/m1/s1. The second kappa shape index (κ2) is 8.36. The zero-order valence-corrected chi connectivity index (χ0v) is 16.3. The van der Waals surface area contributed by atoms with Crippen LogP contribution in [-0.4, -0.2) is 51.7 Å². The number of benzene rings is 2. The molecule has 1 aliphatic heterocycles. The average Bonchev–Trinajstić information content (AvgIpc) is 2.95. The zero-order valence-electron chi connectivity index (χ0n) is 16.3. The highest BCUT2D eigenvalue weighted by Gasteiger charge is 2.46. The molecule has 0 aromatic heterocycles. The molecule has 1 amide bonds. The lowest BCUT2D eigenvalue weighted by atomic mass is 9.94. The molecular formula is C22H23NO6. The lowest BCUT2D eigenvalue weighted by Gasteiger charge is -2.25. The van der Waals surface area contributed by atoms with Crippen molar-refractivity contribution in [1.82, 2.24) is 4.90 Å².